The van der Waals surface area contributed by atoms with E-state index >= 15 is 0 Å². The van der Waals surface area contributed by atoms with Crippen LogP contribution in [0.4, 0.5) is 0 Å². The Labute approximate surface area is 147 Å². The highest BCUT2D eigenvalue weighted by Gasteiger charge is 2.11. The van der Waals surface area contributed by atoms with Gasteiger partial charge in [-0.15, -0.1) is 0 Å². The van der Waals surface area contributed by atoms with Gasteiger partial charge in [-0.1, -0.05) is 31.4 Å². The number of primary amides is 1. The highest BCUT2D eigenvalue weighted by molar-refractivity contribution is 6.65. The van der Waals surface area contributed by atoms with E-state index in [1.165, 1.54) is 0 Å². The van der Waals surface area contributed by atoms with E-state index in [0.717, 1.165) is 31.9 Å². The Morgan fingerprint density at radius 1 is 1.17 bits per heavy atom. The number of carbonyl (C=O) groups excluding carboxylic acids is 1. The lowest BCUT2D eigenvalue weighted by atomic mass is 10.0. The lowest BCUT2D eigenvalue weighted by molar-refractivity contribution is -0.114. The Hall–Kier alpha value is -2.02. The van der Waals surface area contributed by atoms with Crippen LogP contribution in [0, 0.1) is 16.2 Å². The van der Waals surface area contributed by atoms with Crippen molar-refractivity contribution in [1.82, 2.24) is 0 Å². The predicted molar refractivity (Wildman–Crippen MR) is 98.5 cm³/mol. The third kappa shape index (κ3) is 9.89. The topological polar surface area (TPSA) is 136 Å². The van der Waals surface area contributed by atoms with Crippen LogP contribution in [0.2, 0.25) is 0 Å². The summed E-state index contributed by atoms with van der Waals surface area (Å²) in [4.78, 5) is 15.4. The molecule has 0 aliphatic rings. The van der Waals surface area contributed by atoms with E-state index in [0.29, 0.717) is 24.8 Å². The molecule has 0 aliphatic heterocycles. The first-order valence-corrected chi connectivity index (χ1v) is 8.26. The van der Waals surface area contributed by atoms with Crippen molar-refractivity contribution in [3.63, 3.8) is 0 Å². The second kappa shape index (κ2) is 12.4. The summed E-state index contributed by atoms with van der Waals surface area (Å²) in [5, 5.41) is 22.5. The van der Waals surface area contributed by atoms with Crippen molar-refractivity contribution in [2.24, 2.45) is 10.7 Å². The van der Waals surface area contributed by atoms with Crippen LogP contribution >= 0.6 is 11.6 Å². The molecule has 0 spiro atoms. The van der Waals surface area contributed by atoms with Crippen LogP contribution < -0.4 is 5.73 Å². The van der Waals surface area contributed by atoms with Crippen molar-refractivity contribution >= 4 is 40.7 Å². The quantitative estimate of drug-likeness (QED) is 0.194. The highest BCUT2D eigenvalue weighted by atomic mass is 35.5. The monoisotopic (exact) mass is 355 g/mol. The maximum Gasteiger partial charge on any atom is 0.246 e. The summed E-state index contributed by atoms with van der Waals surface area (Å²) in [6, 6.07) is 0. The van der Waals surface area contributed by atoms with Gasteiger partial charge in [-0.05, 0) is 26.2 Å². The number of nitrogens with one attached hydrogen (secondary N) is 3. The van der Waals surface area contributed by atoms with E-state index in [1.54, 1.807) is 13.8 Å². The number of ether oxygens (including phenoxy) is 1. The van der Waals surface area contributed by atoms with E-state index in [1.807, 2.05) is 0 Å². The number of nitrogens with zero attached hydrogens (tertiary/aromatic N) is 1. The molecular weight excluding hydrogens is 330 g/mol. The van der Waals surface area contributed by atoms with Gasteiger partial charge in [0.1, 0.15) is 5.17 Å². The Bertz CT molecular complexity index is 537. The molecule has 0 saturated heterocycles. The number of hydrogen-bond acceptors (Lipinski definition) is 6. The summed E-state index contributed by atoms with van der Waals surface area (Å²) in [5.41, 5.74) is 5.85. The van der Waals surface area contributed by atoms with Gasteiger partial charge in [-0.25, -0.2) is 4.99 Å². The smallest absolute Gasteiger partial charge is 0.246 e. The molecule has 0 aromatic carbocycles. The van der Waals surface area contributed by atoms with Crippen LogP contribution in [0.5, 0.6) is 0 Å². The summed E-state index contributed by atoms with van der Waals surface area (Å²) >= 11 is 5.69. The lowest BCUT2D eigenvalue weighted by Crippen LogP contribution is -2.16. The van der Waals surface area contributed by atoms with Gasteiger partial charge in [0.2, 0.25) is 5.91 Å². The van der Waals surface area contributed by atoms with E-state index < -0.39 is 5.91 Å². The Balaban J connectivity index is 4.28. The molecule has 8 heteroatoms. The maximum atomic E-state index is 11.5. The van der Waals surface area contributed by atoms with Gasteiger partial charge in [0.15, 0.2) is 11.8 Å². The molecule has 0 fully saturated rings. The molecule has 24 heavy (non-hydrogen) atoms. The minimum Gasteiger partial charge on any atom is -0.430 e. The predicted octanol–water partition coefficient (Wildman–Crippen LogP) is 3.75. The molecule has 0 radical (unpaired) electrons. The Kier molecular flexibility index (Phi) is 11.4. The molecule has 1 amide bonds. The van der Waals surface area contributed by atoms with Crippen molar-refractivity contribution in [1.29, 1.82) is 16.2 Å². The molecule has 7 nitrogen and oxygen atoms in total. The third-order valence-electron chi connectivity index (χ3n) is 3.17. The fourth-order valence-corrected chi connectivity index (χ4v) is 2.03. The van der Waals surface area contributed by atoms with E-state index in [2.05, 4.69) is 4.99 Å². The summed E-state index contributed by atoms with van der Waals surface area (Å²) in [6.07, 6.45) is 5.61. The number of rotatable bonds is 11. The zero-order valence-electron chi connectivity index (χ0n) is 14.2. The van der Waals surface area contributed by atoms with Gasteiger partial charge >= 0.3 is 0 Å². The maximum absolute atomic E-state index is 11.5. The average molecular weight is 356 g/mol. The van der Waals surface area contributed by atoms with Gasteiger partial charge in [-0.2, -0.15) is 0 Å². The van der Waals surface area contributed by atoms with E-state index in [-0.39, 0.29) is 22.7 Å². The van der Waals surface area contributed by atoms with Crippen LogP contribution in [-0.2, 0) is 9.53 Å². The molecule has 0 heterocycles. The van der Waals surface area contributed by atoms with E-state index in [9.17, 15) is 4.79 Å². The van der Waals surface area contributed by atoms with Crippen LogP contribution in [0.25, 0.3) is 0 Å². The first kappa shape index (κ1) is 22.0. The fraction of sp³-hybridized carbons (Fsp3) is 0.562. The van der Waals surface area contributed by atoms with Crippen LogP contribution in [0.15, 0.2) is 16.3 Å². The Morgan fingerprint density at radius 3 is 2.21 bits per heavy atom. The molecule has 0 atom stereocenters. The van der Waals surface area contributed by atoms with Crippen molar-refractivity contribution in [3.8, 4) is 0 Å². The second-order valence-corrected chi connectivity index (χ2v) is 5.74. The van der Waals surface area contributed by atoms with E-state index in [4.69, 9.17) is 38.3 Å². The standard InChI is InChI=1S/C16H26ClN5O2/c1-3-14(19)24-15(20)9-7-5-4-6-8-12(16(21)23)13(10-18)22-11(2)17/h10,18-20H,3-9H2,1-2H3,(H2,21,23)/b13-12-,18-10?,19-14?,20-15?,22-11?. The first-order chi connectivity index (χ1) is 11.3. The largest absolute Gasteiger partial charge is 0.430 e. The number of unbranched alkanes of at least 4 members (excludes halogenated alkanes) is 3. The summed E-state index contributed by atoms with van der Waals surface area (Å²) in [7, 11) is 0. The molecule has 0 rings (SSSR count). The molecule has 0 aromatic heterocycles. The van der Waals surface area contributed by atoms with Crippen molar-refractivity contribution < 1.29 is 9.53 Å². The van der Waals surface area contributed by atoms with Gasteiger partial charge in [-0.3, -0.25) is 15.6 Å². The number of halogens is 1. The normalized spacial score (nSPS) is 12.4. The number of nitrogens with two attached hydrogens (primary N) is 1. The van der Waals surface area contributed by atoms with Gasteiger partial charge in [0.05, 0.1) is 5.70 Å². The summed E-state index contributed by atoms with van der Waals surface area (Å²) in [6.45, 7) is 3.37. The third-order valence-corrected chi connectivity index (χ3v) is 3.25. The molecule has 0 unspecified atom stereocenters. The molecule has 0 aliphatic carbocycles. The number of allylic oxidation sites excluding steroid dienone is 1. The zero-order valence-corrected chi connectivity index (χ0v) is 15.0. The first-order valence-electron chi connectivity index (χ1n) is 7.88. The lowest BCUT2D eigenvalue weighted by Gasteiger charge is -2.07. The van der Waals surface area contributed by atoms with Crippen LogP contribution in [0.1, 0.15) is 58.8 Å². The van der Waals surface area contributed by atoms with Crippen LogP contribution in [-0.4, -0.2) is 29.1 Å². The molecule has 0 saturated carbocycles. The fourth-order valence-electron chi connectivity index (χ4n) is 1.94. The zero-order chi connectivity index (χ0) is 18.5. The van der Waals surface area contributed by atoms with Crippen molar-refractivity contribution in [2.45, 2.75) is 58.8 Å². The average Bonchev–Trinajstić information content (AvgIpc) is 2.51. The second-order valence-electron chi connectivity index (χ2n) is 5.20. The number of amides is 1. The van der Waals surface area contributed by atoms with Gasteiger partial charge in [0, 0.05) is 24.6 Å². The molecular formula is C16H26ClN5O2. The summed E-state index contributed by atoms with van der Waals surface area (Å²) in [5.74, 6) is -0.383. The number of hydrogen-bond donors (Lipinski definition) is 4. The molecule has 0 aromatic rings. The molecule has 134 valence electrons. The number of aliphatic imine (C=N–C) groups is 1. The minimum atomic E-state index is -0.594. The van der Waals surface area contributed by atoms with Gasteiger partial charge in [0.25, 0.3) is 0 Å². The Morgan fingerprint density at radius 2 is 1.75 bits per heavy atom. The molecule has 5 N–H and O–H groups in total. The highest BCUT2D eigenvalue weighted by Crippen LogP contribution is 2.15. The van der Waals surface area contributed by atoms with Crippen molar-refractivity contribution in [2.75, 3.05) is 0 Å². The van der Waals surface area contributed by atoms with Gasteiger partial charge < -0.3 is 15.9 Å². The number of carbonyl (C=O) groups is 1. The summed E-state index contributed by atoms with van der Waals surface area (Å²) < 4.78 is 5.00. The van der Waals surface area contributed by atoms with Crippen molar-refractivity contribution in [3.05, 3.63) is 11.3 Å². The minimum absolute atomic E-state index is 0.102. The molecule has 0 bridgehead atoms. The SMILES string of the molecule is CCC(=N)OC(=N)CCCCCC/C(C(N)=O)=C(\C=N)N=C(C)Cl. The van der Waals surface area contributed by atoms with Crippen LogP contribution in [0.3, 0.4) is 0 Å².